The zero-order valence-electron chi connectivity index (χ0n) is 38.5. The second-order valence-corrected chi connectivity index (χ2v) is 22.4. The third-order valence-corrected chi connectivity index (χ3v) is 16.8. The summed E-state index contributed by atoms with van der Waals surface area (Å²) in [6, 6.07) is 5.56. The Balaban J connectivity index is 1.13. The van der Waals surface area contributed by atoms with Crippen molar-refractivity contribution in [1.82, 2.24) is 30.1 Å². The van der Waals surface area contributed by atoms with Gasteiger partial charge in [0.25, 0.3) is 5.91 Å². The lowest BCUT2D eigenvalue weighted by atomic mass is 9.85. The van der Waals surface area contributed by atoms with E-state index in [1.54, 1.807) is 0 Å². The molecule has 7 atom stereocenters. The monoisotopic (exact) mass is 920 g/mol. The van der Waals surface area contributed by atoms with E-state index in [0.717, 1.165) is 81.3 Å². The molecule has 5 fully saturated rings. The topological polar surface area (TPSA) is 195 Å². The number of sulfonamides is 1. The maximum absolute atomic E-state index is 15.0. The van der Waals surface area contributed by atoms with Gasteiger partial charge < -0.3 is 34.5 Å². The number of alkyl carbamates (subject to hydrolysis) is 1. The van der Waals surface area contributed by atoms with Crippen molar-refractivity contribution in [3.63, 3.8) is 0 Å². The normalized spacial score (nSPS) is 29.6. The molecule has 65 heavy (non-hydrogen) atoms. The number of ether oxygens (including phenoxy) is 4. The summed E-state index contributed by atoms with van der Waals surface area (Å²) in [5, 5.41) is 6.66. The summed E-state index contributed by atoms with van der Waals surface area (Å²) in [7, 11) is -2.75. The maximum Gasteiger partial charge on any atom is 0.408 e. The third kappa shape index (κ3) is 9.97. The molecule has 0 unspecified atom stereocenters. The summed E-state index contributed by atoms with van der Waals surface area (Å²) in [5.74, 6) is -1.30. The quantitative estimate of drug-likeness (QED) is 0.237. The van der Waals surface area contributed by atoms with Crippen molar-refractivity contribution in [1.29, 1.82) is 0 Å². The highest BCUT2D eigenvalue weighted by atomic mass is 32.2. The fourth-order valence-corrected chi connectivity index (χ4v) is 12.1. The lowest BCUT2D eigenvalue weighted by Gasteiger charge is -2.35. The molecule has 0 radical (unpaired) electrons. The van der Waals surface area contributed by atoms with Crippen LogP contribution in [0.15, 0.2) is 36.9 Å². The maximum atomic E-state index is 15.0. The van der Waals surface area contributed by atoms with Crippen molar-refractivity contribution < 1.29 is 46.5 Å². The minimum Gasteiger partial charge on any atom is -0.491 e. The smallest absolute Gasteiger partial charge is 0.408 e. The first kappa shape index (κ1) is 47.0. The number of benzene rings is 1. The van der Waals surface area contributed by atoms with Crippen LogP contribution in [-0.2, 0) is 40.3 Å². The summed E-state index contributed by atoms with van der Waals surface area (Å²) < 4.78 is 52.9. The number of fused-ring (bicyclic) bond motifs is 5. The molecule has 3 saturated carbocycles. The molecule has 8 rings (SSSR count). The highest BCUT2D eigenvalue weighted by Gasteiger charge is 2.64. The molecular weight excluding hydrogens is 853 g/mol. The van der Waals surface area contributed by atoms with Crippen molar-refractivity contribution in [2.24, 2.45) is 17.3 Å². The number of rotatable bonds is 12. The van der Waals surface area contributed by atoms with Crippen molar-refractivity contribution in [3.8, 4) is 11.6 Å². The number of amides is 4. The van der Waals surface area contributed by atoms with Crippen LogP contribution in [0.25, 0.3) is 10.9 Å². The molecule has 2 bridgehead atoms. The minimum absolute atomic E-state index is 0.0213. The van der Waals surface area contributed by atoms with Crippen LogP contribution in [0.4, 0.5) is 4.79 Å². The molecule has 3 aliphatic carbocycles. The molecule has 2 aromatic rings. The number of nitrogens with one attached hydrogen (secondary N) is 3. The summed E-state index contributed by atoms with van der Waals surface area (Å²) in [6.07, 6.45) is 9.92. The Bertz CT molecular complexity index is 2240. The van der Waals surface area contributed by atoms with E-state index in [2.05, 4.69) is 26.8 Å². The van der Waals surface area contributed by atoms with Gasteiger partial charge in [0, 0.05) is 31.4 Å². The van der Waals surface area contributed by atoms with E-state index in [1.807, 2.05) is 45.0 Å². The van der Waals surface area contributed by atoms with Gasteiger partial charge in [-0.25, -0.2) is 18.2 Å². The average Bonchev–Trinajstić information content (AvgIpc) is 3.95. The van der Waals surface area contributed by atoms with Gasteiger partial charge in [-0.15, -0.1) is 6.58 Å². The Morgan fingerprint density at radius 1 is 1.03 bits per heavy atom. The number of pyridine rings is 1. The second-order valence-electron chi connectivity index (χ2n) is 20.4. The van der Waals surface area contributed by atoms with Gasteiger partial charge in [-0.3, -0.25) is 24.0 Å². The zero-order valence-corrected chi connectivity index (χ0v) is 39.3. The number of nitrogens with zero attached hydrogens (tertiary/aromatic N) is 3. The minimum atomic E-state index is -4.16. The van der Waals surface area contributed by atoms with E-state index in [0.29, 0.717) is 37.3 Å². The summed E-state index contributed by atoms with van der Waals surface area (Å²) in [4.78, 5) is 66.4. The van der Waals surface area contributed by atoms with Crippen LogP contribution in [0.5, 0.6) is 11.6 Å². The van der Waals surface area contributed by atoms with Gasteiger partial charge in [-0.2, -0.15) is 0 Å². The average molecular weight is 921 g/mol. The van der Waals surface area contributed by atoms with Crippen LogP contribution in [0.3, 0.4) is 0 Å². The molecule has 3 N–H and O–H groups in total. The molecule has 0 spiro atoms. The summed E-state index contributed by atoms with van der Waals surface area (Å²) >= 11 is 0. The molecule has 3 aliphatic heterocycles. The predicted octanol–water partition coefficient (Wildman–Crippen LogP) is 5.17. The van der Waals surface area contributed by atoms with Crippen LogP contribution in [-0.4, -0.2) is 128 Å². The molecule has 4 heterocycles. The molecule has 356 valence electrons. The van der Waals surface area contributed by atoms with E-state index in [1.165, 1.54) is 30.9 Å². The first-order valence-corrected chi connectivity index (χ1v) is 25.3. The molecule has 16 nitrogen and oxygen atoms in total. The van der Waals surface area contributed by atoms with Crippen molar-refractivity contribution in [2.45, 2.75) is 145 Å². The molecule has 4 amide bonds. The Kier molecular flexibility index (Phi) is 13.8. The zero-order chi connectivity index (χ0) is 46.1. The molecule has 17 heteroatoms. The largest absolute Gasteiger partial charge is 0.491 e. The van der Waals surface area contributed by atoms with Gasteiger partial charge in [-0.1, -0.05) is 51.8 Å². The number of hydrogen-bond donors (Lipinski definition) is 3. The number of carbonyl (C=O) groups excluding carboxylic acids is 4. The summed E-state index contributed by atoms with van der Waals surface area (Å²) in [6.45, 7) is 12.6. The number of methoxy groups -OCH3 is 1. The molecule has 1 aromatic carbocycles. The Labute approximate surface area is 383 Å². The number of hydrogen-bond acceptors (Lipinski definition) is 12. The predicted molar refractivity (Wildman–Crippen MR) is 244 cm³/mol. The molecule has 6 aliphatic rings. The number of para-hydroxylation sites is 1. The Morgan fingerprint density at radius 3 is 2.49 bits per heavy atom. The van der Waals surface area contributed by atoms with E-state index < -0.39 is 73.6 Å². The van der Waals surface area contributed by atoms with Crippen molar-refractivity contribution in [3.05, 3.63) is 42.5 Å². The SMILES string of the molecule is C=C[C@@H]1C[C@]1(NC(=O)[C@@H]1C[C@@H]2CN1C(=O)[C@H](C(C)(C)C)NC(=O)O[C@@H]1CCC[C@H]1CCCCCc1c(nc3ccccc3c1OCCN1CCCC1)O2)C(=O)NS(=O)(=O)C1(COC)CC1. The van der Waals surface area contributed by atoms with Crippen molar-refractivity contribution in [2.75, 3.05) is 46.5 Å². The number of carbonyl (C=O) groups is 4. The lowest BCUT2D eigenvalue weighted by Crippen LogP contribution is -2.60. The fraction of sp³-hybridized carbons (Fsp3) is 0.688. The van der Waals surface area contributed by atoms with Crippen LogP contribution in [0.1, 0.15) is 110 Å². The van der Waals surface area contributed by atoms with Gasteiger partial charge in [-0.05, 0) is 107 Å². The second kappa shape index (κ2) is 19.0. The van der Waals surface area contributed by atoms with Gasteiger partial charge in [0.1, 0.15) is 46.9 Å². The van der Waals surface area contributed by atoms with E-state index in [4.69, 9.17) is 23.9 Å². The fourth-order valence-electron chi connectivity index (χ4n) is 10.5. The number of aromatic nitrogens is 1. The highest BCUT2D eigenvalue weighted by molar-refractivity contribution is 7.91. The van der Waals surface area contributed by atoms with E-state index >= 15 is 4.79 Å². The van der Waals surface area contributed by atoms with Crippen molar-refractivity contribution >= 4 is 44.7 Å². The van der Waals surface area contributed by atoms with Gasteiger partial charge in [0.2, 0.25) is 27.7 Å². The standard InChI is InChI=1S/C48H68N6O10S/c1-6-32-28-48(32,44(57)52-65(59,60)47(21-22-47)30-61-5)51-41(55)37-27-33-29-54(37)43(56)40(46(2,3)4)50-45(58)64-38-20-14-16-31(38)15-8-7-9-18-35-39(62-26-25-53-23-12-13-24-53)34-17-10-11-19-36(34)49-42(35)63-33/h6,10-11,17,19,31-33,37-38,40H,1,7-9,12-16,18,20-30H2,2-5H3,(H,50,58)(H,51,55)(H,52,57)/t31-,32-,33-,37+,38-,40-,48-/m1/s1. The van der Waals surface area contributed by atoms with E-state index in [9.17, 15) is 22.8 Å². The Hall–Kier alpha value is -4.48. The van der Waals surface area contributed by atoms with Gasteiger partial charge >= 0.3 is 6.09 Å². The van der Waals surface area contributed by atoms with Gasteiger partial charge in [0.15, 0.2) is 0 Å². The summed E-state index contributed by atoms with van der Waals surface area (Å²) in [5.41, 5.74) is -0.906. The highest BCUT2D eigenvalue weighted by Crippen LogP contribution is 2.48. The molecule has 2 saturated heterocycles. The third-order valence-electron chi connectivity index (χ3n) is 14.7. The Morgan fingerprint density at radius 2 is 1.78 bits per heavy atom. The first-order valence-electron chi connectivity index (χ1n) is 23.8. The lowest BCUT2D eigenvalue weighted by molar-refractivity contribution is -0.143. The van der Waals surface area contributed by atoms with Crippen LogP contribution < -0.4 is 24.8 Å². The first-order chi connectivity index (χ1) is 31.1. The molecular formula is C48H68N6O10S. The van der Waals surface area contributed by atoms with Crippen LogP contribution in [0.2, 0.25) is 0 Å². The van der Waals surface area contributed by atoms with E-state index in [-0.39, 0.29) is 38.0 Å². The van der Waals surface area contributed by atoms with Gasteiger partial charge in [0.05, 0.1) is 24.2 Å². The number of likely N-dealkylation sites (tertiary alicyclic amines) is 1. The van der Waals surface area contributed by atoms with Crippen LogP contribution in [0, 0.1) is 17.3 Å². The molecule has 1 aromatic heterocycles. The van der Waals surface area contributed by atoms with Crippen LogP contribution >= 0.6 is 0 Å².